The zero-order valence-corrected chi connectivity index (χ0v) is 18.5. The SMILES string of the molecule is C[C@H](NC(=O)c1ccccc1NC(=O)C1CCN(C(=O)c2ccco2)CC1)c1ccccc1. The van der Waals surface area contributed by atoms with Gasteiger partial charge >= 0.3 is 0 Å². The maximum Gasteiger partial charge on any atom is 0.289 e. The monoisotopic (exact) mass is 445 g/mol. The molecular weight excluding hydrogens is 418 g/mol. The number of hydrogen-bond acceptors (Lipinski definition) is 4. The summed E-state index contributed by atoms with van der Waals surface area (Å²) in [5.41, 5.74) is 1.90. The fourth-order valence-corrected chi connectivity index (χ4v) is 4.03. The summed E-state index contributed by atoms with van der Waals surface area (Å²) >= 11 is 0. The molecule has 1 saturated heterocycles. The zero-order chi connectivity index (χ0) is 23.2. The Balaban J connectivity index is 1.36. The Hall–Kier alpha value is -3.87. The molecule has 3 amide bonds. The van der Waals surface area contributed by atoms with Crippen LogP contribution in [0.25, 0.3) is 0 Å². The van der Waals surface area contributed by atoms with E-state index in [2.05, 4.69) is 10.6 Å². The van der Waals surface area contributed by atoms with Gasteiger partial charge in [-0.05, 0) is 49.6 Å². The molecule has 1 fully saturated rings. The molecule has 2 aromatic carbocycles. The molecule has 0 spiro atoms. The third-order valence-corrected chi connectivity index (χ3v) is 5.96. The molecule has 0 bridgehead atoms. The number of rotatable bonds is 6. The molecule has 1 atom stereocenters. The lowest BCUT2D eigenvalue weighted by atomic mass is 9.95. The Labute approximate surface area is 192 Å². The zero-order valence-electron chi connectivity index (χ0n) is 18.5. The van der Waals surface area contributed by atoms with Crippen molar-refractivity contribution in [2.24, 2.45) is 5.92 Å². The average molecular weight is 446 g/mol. The van der Waals surface area contributed by atoms with Crippen LogP contribution in [-0.4, -0.2) is 35.7 Å². The summed E-state index contributed by atoms with van der Waals surface area (Å²) in [7, 11) is 0. The molecule has 7 heteroatoms. The molecular formula is C26H27N3O4. The van der Waals surface area contributed by atoms with Gasteiger partial charge < -0.3 is 20.0 Å². The summed E-state index contributed by atoms with van der Waals surface area (Å²) in [5.74, 6) is -0.474. The van der Waals surface area contributed by atoms with Crippen molar-refractivity contribution in [3.05, 3.63) is 89.9 Å². The molecule has 1 aromatic heterocycles. The predicted octanol–water partition coefficient (Wildman–Crippen LogP) is 4.26. The van der Waals surface area contributed by atoms with Crippen LogP contribution in [0.15, 0.2) is 77.4 Å². The first-order valence-electron chi connectivity index (χ1n) is 11.1. The minimum atomic E-state index is -0.249. The predicted molar refractivity (Wildman–Crippen MR) is 125 cm³/mol. The van der Waals surface area contributed by atoms with E-state index in [1.807, 2.05) is 37.3 Å². The van der Waals surface area contributed by atoms with Crippen molar-refractivity contribution in [3.63, 3.8) is 0 Å². The molecule has 0 radical (unpaired) electrons. The fraction of sp³-hybridized carbons (Fsp3) is 0.269. The third kappa shape index (κ3) is 5.31. The first-order valence-corrected chi connectivity index (χ1v) is 11.1. The van der Waals surface area contributed by atoms with Crippen molar-refractivity contribution in [2.75, 3.05) is 18.4 Å². The van der Waals surface area contributed by atoms with Crippen LogP contribution < -0.4 is 10.6 Å². The van der Waals surface area contributed by atoms with E-state index < -0.39 is 0 Å². The molecule has 0 unspecified atom stereocenters. The highest BCUT2D eigenvalue weighted by Crippen LogP contribution is 2.23. The summed E-state index contributed by atoms with van der Waals surface area (Å²) in [6, 6.07) is 19.9. The molecule has 7 nitrogen and oxygen atoms in total. The number of likely N-dealkylation sites (tertiary alicyclic amines) is 1. The van der Waals surface area contributed by atoms with E-state index in [4.69, 9.17) is 4.42 Å². The summed E-state index contributed by atoms with van der Waals surface area (Å²) in [5, 5.41) is 5.92. The van der Waals surface area contributed by atoms with Gasteiger partial charge in [-0.3, -0.25) is 14.4 Å². The second-order valence-corrected chi connectivity index (χ2v) is 8.18. The number of anilines is 1. The average Bonchev–Trinajstić information content (AvgIpc) is 3.39. The number of hydrogen-bond donors (Lipinski definition) is 2. The van der Waals surface area contributed by atoms with Crippen molar-refractivity contribution in [2.45, 2.75) is 25.8 Å². The molecule has 2 N–H and O–H groups in total. The minimum absolute atomic E-state index is 0.142. The van der Waals surface area contributed by atoms with Gasteiger partial charge in [-0.25, -0.2) is 0 Å². The maximum atomic E-state index is 12.9. The number of nitrogens with zero attached hydrogens (tertiary/aromatic N) is 1. The van der Waals surface area contributed by atoms with Crippen LogP contribution in [0, 0.1) is 5.92 Å². The molecule has 1 aliphatic rings. The Kier molecular flexibility index (Phi) is 6.88. The van der Waals surface area contributed by atoms with E-state index >= 15 is 0 Å². The first-order chi connectivity index (χ1) is 16.0. The molecule has 2 heterocycles. The molecule has 1 aliphatic heterocycles. The molecule has 3 aromatic rings. The Morgan fingerprint density at radius 1 is 0.939 bits per heavy atom. The first kappa shape index (κ1) is 22.3. The van der Waals surface area contributed by atoms with Gasteiger partial charge in [0, 0.05) is 19.0 Å². The van der Waals surface area contributed by atoms with E-state index in [-0.39, 0.29) is 29.7 Å². The molecule has 170 valence electrons. The van der Waals surface area contributed by atoms with Gasteiger partial charge in [0.2, 0.25) is 5.91 Å². The third-order valence-electron chi connectivity index (χ3n) is 5.96. The van der Waals surface area contributed by atoms with Crippen LogP contribution in [0.5, 0.6) is 0 Å². The number of furan rings is 1. The summed E-state index contributed by atoms with van der Waals surface area (Å²) in [6.07, 6.45) is 2.58. The van der Waals surface area contributed by atoms with E-state index in [9.17, 15) is 14.4 Å². The van der Waals surface area contributed by atoms with Crippen LogP contribution in [0.2, 0.25) is 0 Å². The van der Waals surface area contributed by atoms with Gasteiger partial charge in [-0.2, -0.15) is 0 Å². The number of carbonyl (C=O) groups is 3. The summed E-state index contributed by atoms with van der Waals surface area (Å²) in [4.78, 5) is 40.0. The highest BCUT2D eigenvalue weighted by Gasteiger charge is 2.29. The van der Waals surface area contributed by atoms with Gasteiger partial charge in [0.25, 0.3) is 11.8 Å². The van der Waals surface area contributed by atoms with Crippen LogP contribution in [0.1, 0.15) is 52.3 Å². The van der Waals surface area contributed by atoms with Gasteiger partial charge in [-0.1, -0.05) is 42.5 Å². The van der Waals surface area contributed by atoms with Gasteiger partial charge in [0.1, 0.15) is 0 Å². The van der Waals surface area contributed by atoms with Gasteiger partial charge in [0.05, 0.1) is 23.6 Å². The highest BCUT2D eigenvalue weighted by atomic mass is 16.3. The number of carbonyl (C=O) groups excluding carboxylic acids is 3. The van der Waals surface area contributed by atoms with Gasteiger partial charge in [-0.15, -0.1) is 0 Å². The van der Waals surface area contributed by atoms with Crippen molar-refractivity contribution < 1.29 is 18.8 Å². The fourth-order valence-electron chi connectivity index (χ4n) is 4.03. The number of amides is 3. The topological polar surface area (TPSA) is 91.7 Å². The number of nitrogens with one attached hydrogen (secondary N) is 2. The van der Waals surface area contributed by atoms with Crippen molar-refractivity contribution in [1.82, 2.24) is 10.2 Å². The van der Waals surface area contributed by atoms with Crippen LogP contribution in [0.4, 0.5) is 5.69 Å². The lowest BCUT2D eigenvalue weighted by Gasteiger charge is -2.30. The molecule has 33 heavy (non-hydrogen) atoms. The van der Waals surface area contributed by atoms with Crippen LogP contribution in [0.3, 0.4) is 0 Å². The quantitative estimate of drug-likeness (QED) is 0.593. The van der Waals surface area contributed by atoms with E-state index in [0.29, 0.717) is 42.9 Å². The largest absolute Gasteiger partial charge is 0.459 e. The van der Waals surface area contributed by atoms with Crippen molar-refractivity contribution in [3.8, 4) is 0 Å². The van der Waals surface area contributed by atoms with E-state index in [1.54, 1.807) is 41.3 Å². The van der Waals surface area contributed by atoms with E-state index in [1.165, 1.54) is 6.26 Å². The number of piperidine rings is 1. The number of para-hydroxylation sites is 1. The van der Waals surface area contributed by atoms with Crippen LogP contribution in [-0.2, 0) is 4.79 Å². The Morgan fingerprint density at radius 3 is 2.33 bits per heavy atom. The lowest BCUT2D eigenvalue weighted by molar-refractivity contribution is -0.121. The minimum Gasteiger partial charge on any atom is -0.459 e. The van der Waals surface area contributed by atoms with Gasteiger partial charge in [0.15, 0.2) is 5.76 Å². The molecule has 0 aliphatic carbocycles. The Morgan fingerprint density at radius 2 is 1.64 bits per heavy atom. The van der Waals surface area contributed by atoms with Crippen LogP contribution >= 0.6 is 0 Å². The second kappa shape index (κ2) is 10.2. The number of benzene rings is 2. The normalized spacial score (nSPS) is 15.0. The van der Waals surface area contributed by atoms with E-state index in [0.717, 1.165) is 5.56 Å². The highest BCUT2D eigenvalue weighted by molar-refractivity contribution is 6.04. The van der Waals surface area contributed by atoms with Crippen molar-refractivity contribution >= 4 is 23.4 Å². The lowest BCUT2D eigenvalue weighted by Crippen LogP contribution is -2.41. The smallest absolute Gasteiger partial charge is 0.289 e. The Bertz CT molecular complexity index is 1100. The maximum absolute atomic E-state index is 12.9. The molecule has 4 rings (SSSR count). The standard InChI is InChI=1S/C26H27N3O4/c1-18(19-8-3-2-4-9-19)27-25(31)21-10-5-6-11-22(21)28-24(30)20-13-15-29(16-14-20)26(32)23-12-7-17-33-23/h2-12,17-18,20H,13-16H2,1H3,(H,27,31)(H,28,30)/t18-/m0/s1. The summed E-state index contributed by atoms with van der Waals surface area (Å²) in [6.45, 7) is 2.88. The molecule has 0 saturated carbocycles. The second-order valence-electron chi connectivity index (χ2n) is 8.18. The summed E-state index contributed by atoms with van der Waals surface area (Å²) < 4.78 is 5.18. The van der Waals surface area contributed by atoms with Crippen molar-refractivity contribution in [1.29, 1.82) is 0 Å².